The lowest BCUT2D eigenvalue weighted by Crippen LogP contribution is -2.15. The molecule has 2 nitrogen and oxygen atoms in total. The third-order valence-electron chi connectivity index (χ3n) is 3.08. The van der Waals surface area contributed by atoms with Crippen LogP contribution in [0.4, 0.5) is 0 Å². The molecule has 3 rings (SSSR count). The van der Waals surface area contributed by atoms with Gasteiger partial charge in [0.25, 0.3) is 0 Å². The van der Waals surface area contributed by atoms with Crippen molar-refractivity contribution in [2.75, 3.05) is 13.2 Å². The Balaban J connectivity index is 2.01. The molecule has 1 unspecified atom stereocenters. The van der Waals surface area contributed by atoms with E-state index in [1.165, 1.54) is 0 Å². The van der Waals surface area contributed by atoms with Crippen molar-refractivity contribution < 1.29 is 9.47 Å². The Bertz CT molecular complexity index is 643. The summed E-state index contributed by atoms with van der Waals surface area (Å²) in [5.74, 6) is 1.32. The van der Waals surface area contributed by atoms with E-state index in [2.05, 4.69) is 0 Å². The molecule has 0 bridgehead atoms. The van der Waals surface area contributed by atoms with Crippen LogP contribution >= 0.6 is 34.8 Å². The predicted octanol–water partition coefficient (Wildman–Crippen LogP) is 5.09. The van der Waals surface area contributed by atoms with Crippen LogP contribution in [0, 0.1) is 0 Å². The largest absolute Gasteiger partial charge is 0.486 e. The van der Waals surface area contributed by atoms with Crippen molar-refractivity contribution in [2.45, 2.75) is 5.38 Å². The fourth-order valence-corrected chi connectivity index (χ4v) is 2.95. The highest BCUT2D eigenvalue weighted by atomic mass is 35.5. The van der Waals surface area contributed by atoms with Gasteiger partial charge in [-0.2, -0.15) is 0 Å². The van der Waals surface area contributed by atoms with Gasteiger partial charge in [-0.15, -0.1) is 11.6 Å². The highest BCUT2D eigenvalue weighted by molar-refractivity contribution is 6.33. The fraction of sp³-hybridized carbons (Fsp3) is 0.200. The highest BCUT2D eigenvalue weighted by Crippen LogP contribution is 2.41. The number of hydrogen-bond acceptors (Lipinski definition) is 2. The van der Waals surface area contributed by atoms with Crippen LogP contribution in [0.2, 0.25) is 10.0 Å². The first-order chi connectivity index (χ1) is 9.65. The maximum atomic E-state index is 6.51. The number of halogens is 3. The molecule has 1 atom stereocenters. The number of benzene rings is 2. The molecule has 20 heavy (non-hydrogen) atoms. The second-order valence-corrected chi connectivity index (χ2v) is 5.72. The average molecular weight is 330 g/mol. The first kappa shape index (κ1) is 13.9. The highest BCUT2D eigenvalue weighted by Gasteiger charge is 2.20. The van der Waals surface area contributed by atoms with E-state index >= 15 is 0 Å². The van der Waals surface area contributed by atoms with Gasteiger partial charge in [-0.1, -0.05) is 35.3 Å². The van der Waals surface area contributed by atoms with Crippen LogP contribution < -0.4 is 9.47 Å². The molecule has 0 amide bonds. The molecule has 0 fully saturated rings. The van der Waals surface area contributed by atoms with E-state index in [4.69, 9.17) is 44.3 Å². The number of hydrogen-bond donors (Lipinski definition) is 0. The number of alkyl halides is 1. The summed E-state index contributed by atoms with van der Waals surface area (Å²) in [4.78, 5) is 0. The lowest BCUT2D eigenvalue weighted by molar-refractivity contribution is 0.171. The van der Waals surface area contributed by atoms with Crippen molar-refractivity contribution in [3.05, 3.63) is 57.6 Å². The van der Waals surface area contributed by atoms with Crippen LogP contribution in [0.1, 0.15) is 16.5 Å². The van der Waals surface area contributed by atoms with Crippen molar-refractivity contribution in [2.24, 2.45) is 0 Å². The second kappa shape index (κ2) is 5.72. The molecule has 0 aliphatic carbocycles. The Labute approximate surface area is 132 Å². The molecule has 1 aliphatic rings. The maximum Gasteiger partial charge on any atom is 0.162 e. The Kier molecular flexibility index (Phi) is 3.97. The monoisotopic (exact) mass is 328 g/mol. The Hall–Kier alpha value is -1.09. The smallest absolute Gasteiger partial charge is 0.162 e. The lowest BCUT2D eigenvalue weighted by atomic mass is 10.0. The van der Waals surface area contributed by atoms with E-state index in [9.17, 15) is 0 Å². The van der Waals surface area contributed by atoms with Gasteiger partial charge in [0.1, 0.15) is 13.2 Å². The topological polar surface area (TPSA) is 18.5 Å². The van der Waals surface area contributed by atoms with Crippen LogP contribution in [0.5, 0.6) is 11.5 Å². The third kappa shape index (κ3) is 2.69. The Morgan fingerprint density at radius 2 is 1.65 bits per heavy atom. The van der Waals surface area contributed by atoms with Gasteiger partial charge in [0.05, 0.1) is 5.38 Å². The van der Waals surface area contributed by atoms with Gasteiger partial charge in [0.2, 0.25) is 0 Å². The standard InChI is InChI=1S/C15H11Cl3O2/c16-10-3-1-2-9(6-10)15(18)11-7-13-14(8-12(11)17)20-5-4-19-13/h1-3,6-8,15H,4-5H2. The average Bonchev–Trinajstić information content (AvgIpc) is 2.46. The van der Waals surface area contributed by atoms with Gasteiger partial charge in [0, 0.05) is 16.1 Å². The molecule has 2 aromatic carbocycles. The minimum atomic E-state index is -0.392. The van der Waals surface area contributed by atoms with Crippen molar-refractivity contribution in [1.29, 1.82) is 0 Å². The van der Waals surface area contributed by atoms with Gasteiger partial charge in [-0.3, -0.25) is 0 Å². The summed E-state index contributed by atoms with van der Waals surface area (Å²) < 4.78 is 11.1. The van der Waals surface area contributed by atoms with Crippen LogP contribution in [0.15, 0.2) is 36.4 Å². The first-order valence-corrected chi connectivity index (χ1v) is 7.33. The summed E-state index contributed by atoms with van der Waals surface area (Å²) in [7, 11) is 0. The minimum absolute atomic E-state index is 0.392. The van der Waals surface area contributed by atoms with Crippen molar-refractivity contribution in [1.82, 2.24) is 0 Å². The number of rotatable bonds is 2. The third-order valence-corrected chi connectivity index (χ3v) is 4.13. The maximum absolute atomic E-state index is 6.51. The molecule has 2 aromatic rings. The number of fused-ring (bicyclic) bond motifs is 1. The minimum Gasteiger partial charge on any atom is -0.486 e. The van der Waals surface area contributed by atoms with Crippen LogP contribution in [0.3, 0.4) is 0 Å². The molecule has 104 valence electrons. The van der Waals surface area contributed by atoms with E-state index in [1.807, 2.05) is 24.3 Å². The molecular formula is C15H11Cl3O2. The van der Waals surface area contributed by atoms with Gasteiger partial charge in [0.15, 0.2) is 11.5 Å². The van der Waals surface area contributed by atoms with Crippen LogP contribution in [-0.2, 0) is 0 Å². The van der Waals surface area contributed by atoms with Crippen LogP contribution in [-0.4, -0.2) is 13.2 Å². The van der Waals surface area contributed by atoms with Gasteiger partial charge >= 0.3 is 0 Å². The summed E-state index contributed by atoms with van der Waals surface area (Å²) in [6, 6.07) is 11.0. The molecule has 1 aliphatic heterocycles. The molecular weight excluding hydrogens is 319 g/mol. The SMILES string of the molecule is Clc1cccc(C(Cl)c2cc3c(cc2Cl)OCCO3)c1. The molecule has 5 heteroatoms. The summed E-state index contributed by atoms with van der Waals surface area (Å²) in [5.41, 5.74) is 1.66. The fourth-order valence-electron chi connectivity index (χ4n) is 2.12. The zero-order valence-electron chi connectivity index (χ0n) is 10.4. The van der Waals surface area contributed by atoms with E-state index in [-0.39, 0.29) is 0 Å². The molecule has 0 spiro atoms. The predicted molar refractivity (Wildman–Crippen MR) is 81.6 cm³/mol. The summed E-state index contributed by atoms with van der Waals surface area (Å²) in [6.07, 6.45) is 0. The summed E-state index contributed by atoms with van der Waals surface area (Å²) >= 11 is 18.8. The molecule has 0 N–H and O–H groups in total. The zero-order valence-corrected chi connectivity index (χ0v) is 12.7. The second-order valence-electron chi connectivity index (χ2n) is 4.43. The molecule has 0 aromatic heterocycles. The quantitative estimate of drug-likeness (QED) is 0.714. The van der Waals surface area contributed by atoms with Gasteiger partial charge in [-0.25, -0.2) is 0 Å². The lowest BCUT2D eigenvalue weighted by Gasteiger charge is -2.21. The summed E-state index contributed by atoms with van der Waals surface area (Å²) in [6.45, 7) is 1.06. The number of ether oxygens (including phenoxy) is 2. The van der Waals surface area contributed by atoms with Gasteiger partial charge < -0.3 is 9.47 Å². The zero-order chi connectivity index (χ0) is 14.1. The summed E-state index contributed by atoms with van der Waals surface area (Å²) in [5, 5.41) is 0.799. The Morgan fingerprint density at radius 3 is 2.35 bits per heavy atom. The van der Waals surface area contributed by atoms with E-state index in [1.54, 1.807) is 12.1 Å². The molecule has 1 heterocycles. The molecule has 0 saturated heterocycles. The van der Waals surface area contributed by atoms with E-state index in [0.717, 1.165) is 11.1 Å². The van der Waals surface area contributed by atoms with Crippen molar-refractivity contribution >= 4 is 34.8 Å². The first-order valence-electron chi connectivity index (χ1n) is 6.14. The van der Waals surface area contributed by atoms with Crippen molar-refractivity contribution in [3.8, 4) is 11.5 Å². The molecule has 0 saturated carbocycles. The Morgan fingerprint density at radius 1 is 0.950 bits per heavy atom. The molecule has 0 radical (unpaired) electrons. The van der Waals surface area contributed by atoms with Gasteiger partial charge in [-0.05, 0) is 29.3 Å². The van der Waals surface area contributed by atoms with Crippen LogP contribution in [0.25, 0.3) is 0 Å². The van der Waals surface area contributed by atoms with Crippen molar-refractivity contribution in [3.63, 3.8) is 0 Å². The van der Waals surface area contributed by atoms with E-state index < -0.39 is 5.38 Å². The van der Waals surface area contributed by atoms with E-state index in [0.29, 0.717) is 34.8 Å². The normalized spacial score (nSPS) is 14.9.